The maximum Gasteiger partial charge on any atom is 0.0406 e. The fraction of sp³-hybridized carbons (Fsp3) is 0.200. The van der Waals surface area contributed by atoms with E-state index in [9.17, 15) is 0 Å². The molecule has 0 nitrogen and oxygen atoms in total. The van der Waals surface area contributed by atoms with Crippen LogP contribution in [-0.4, -0.2) is 5.33 Å². The van der Waals surface area contributed by atoms with E-state index in [1.807, 2.05) is 12.1 Å². The van der Waals surface area contributed by atoms with Crippen LogP contribution in [0.25, 0.3) is 0 Å². The lowest BCUT2D eigenvalue weighted by molar-refractivity contribution is 0.775. The fourth-order valence-corrected chi connectivity index (χ4v) is 3.12. The first kappa shape index (κ1) is 14.1. The first-order valence-electron chi connectivity index (χ1n) is 5.75. The second kappa shape index (κ2) is 6.74. The predicted octanol–water partition coefficient (Wildman–Crippen LogP) is 5.82. The summed E-state index contributed by atoms with van der Waals surface area (Å²) >= 11 is 13.0. The summed E-state index contributed by atoms with van der Waals surface area (Å²) in [6.45, 7) is 0. The van der Waals surface area contributed by atoms with Crippen LogP contribution in [0.4, 0.5) is 0 Å². The second-order valence-corrected chi connectivity index (χ2v) is 6.24. The van der Waals surface area contributed by atoms with Crippen LogP contribution >= 0.6 is 43.5 Å². The molecule has 0 spiro atoms. The maximum atomic E-state index is 5.92. The van der Waals surface area contributed by atoms with Gasteiger partial charge in [0.15, 0.2) is 0 Å². The quantitative estimate of drug-likeness (QED) is 0.579. The summed E-state index contributed by atoms with van der Waals surface area (Å²) in [5, 5.41) is 1.73. The smallest absolute Gasteiger partial charge is 0.0406 e. The van der Waals surface area contributed by atoms with Gasteiger partial charge < -0.3 is 0 Å². The number of alkyl halides is 1. The van der Waals surface area contributed by atoms with Gasteiger partial charge in [0.2, 0.25) is 0 Å². The van der Waals surface area contributed by atoms with Crippen molar-refractivity contribution in [2.45, 2.75) is 12.3 Å². The molecule has 2 aromatic rings. The molecule has 0 saturated heterocycles. The molecule has 0 amide bonds. The summed E-state index contributed by atoms with van der Waals surface area (Å²) in [5.74, 6) is 0.469. The number of rotatable bonds is 4. The molecule has 0 fully saturated rings. The van der Waals surface area contributed by atoms with Gasteiger partial charge in [0.1, 0.15) is 0 Å². The highest BCUT2D eigenvalue weighted by molar-refractivity contribution is 9.10. The Bertz CT molecular complexity index is 508. The summed E-state index contributed by atoms with van der Waals surface area (Å²) in [6, 6.07) is 16.6. The lowest BCUT2D eigenvalue weighted by Crippen LogP contribution is -2.04. The first-order valence-corrected chi connectivity index (χ1v) is 8.04. The van der Waals surface area contributed by atoms with Crippen LogP contribution < -0.4 is 0 Å². The average Bonchev–Trinajstić information content (AvgIpc) is 2.37. The SMILES string of the molecule is Clc1ccc(C(CBr)Cc2cccc(Br)c2)cc1. The Kier molecular flexibility index (Phi) is 5.28. The Morgan fingerprint density at radius 2 is 1.78 bits per heavy atom. The van der Waals surface area contributed by atoms with Gasteiger partial charge in [-0.3, -0.25) is 0 Å². The molecule has 1 unspecified atom stereocenters. The van der Waals surface area contributed by atoms with Crippen molar-refractivity contribution in [2.75, 3.05) is 5.33 Å². The molecule has 3 heteroatoms. The zero-order chi connectivity index (χ0) is 13.0. The molecular formula is C15H13Br2Cl. The second-order valence-electron chi connectivity index (χ2n) is 4.24. The molecular weight excluding hydrogens is 375 g/mol. The molecule has 94 valence electrons. The minimum atomic E-state index is 0.469. The van der Waals surface area contributed by atoms with Gasteiger partial charge in [-0.05, 0) is 47.7 Å². The molecule has 0 saturated carbocycles. The van der Waals surface area contributed by atoms with Crippen molar-refractivity contribution in [3.63, 3.8) is 0 Å². The van der Waals surface area contributed by atoms with Gasteiger partial charge in [0, 0.05) is 14.8 Å². The molecule has 1 atom stereocenters. The minimum absolute atomic E-state index is 0.469. The van der Waals surface area contributed by atoms with Gasteiger partial charge in [-0.25, -0.2) is 0 Å². The monoisotopic (exact) mass is 386 g/mol. The number of hydrogen-bond acceptors (Lipinski definition) is 0. The first-order chi connectivity index (χ1) is 8.69. The number of hydrogen-bond donors (Lipinski definition) is 0. The molecule has 0 heterocycles. The average molecular weight is 389 g/mol. The van der Waals surface area contributed by atoms with E-state index in [4.69, 9.17) is 11.6 Å². The fourth-order valence-electron chi connectivity index (χ4n) is 1.94. The van der Waals surface area contributed by atoms with E-state index in [1.54, 1.807) is 0 Å². The largest absolute Gasteiger partial charge is 0.0921 e. The normalized spacial score (nSPS) is 12.4. The summed E-state index contributed by atoms with van der Waals surface area (Å²) in [6.07, 6.45) is 1.02. The van der Waals surface area contributed by atoms with Crippen molar-refractivity contribution in [1.82, 2.24) is 0 Å². The van der Waals surface area contributed by atoms with Crippen LogP contribution in [0.2, 0.25) is 5.02 Å². The van der Waals surface area contributed by atoms with E-state index in [0.717, 1.165) is 21.2 Å². The molecule has 2 aromatic carbocycles. The topological polar surface area (TPSA) is 0 Å². The van der Waals surface area contributed by atoms with E-state index in [2.05, 4.69) is 68.3 Å². The molecule has 18 heavy (non-hydrogen) atoms. The molecule has 0 aliphatic carbocycles. The van der Waals surface area contributed by atoms with Crippen LogP contribution in [0.15, 0.2) is 53.0 Å². The molecule has 0 aliphatic heterocycles. The van der Waals surface area contributed by atoms with Crippen LogP contribution in [0, 0.1) is 0 Å². The summed E-state index contributed by atoms with van der Waals surface area (Å²) < 4.78 is 1.13. The Morgan fingerprint density at radius 1 is 1.06 bits per heavy atom. The number of benzene rings is 2. The van der Waals surface area contributed by atoms with E-state index in [1.165, 1.54) is 11.1 Å². The van der Waals surface area contributed by atoms with Crippen molar-refractivity contribution >= 4 is 43.5 Å². The zero-order valence-corrected chi connectivity index (χ0v) is 13.7. The van der Waals surface area contributed by atoms with Crippen LogP contribution in [-0.2, 0) is 6.42 Å². The third-order valence-electron chi connectivity index (χ3n) is 2.90. The molecule has 0 bridgehead atoms. The Morgan fingerprint density at radius 3 is 2.39 bits per heavy atom. The lowest BCUT2D eigenvalue weighted by Gasteiger charge is -2.15. The van der Waals surface area contributed by atoms with Gasteiger partial charge >= 0.3 is 0 Å². The summed E-state index contributed by atoms with van der Waals surface area (Å²) in [7, 11) is 0. The van der Waals surface area contributed by atoms with Gasteiger partial charge in [0.05, 0.1) is 0 Å². The summed E-state index contributed by atoms with van der Waals surface area (Å²) in [5.41, 5.74) is 2.65. The van der Waals surface area contributed by atoms with Crippen molar-refractivity contribution in [3.05, 3.63) is 69.2 Å². The molecule has 0 radical (unpaired) electrons. The highest BCUT2D eigenvalue weighted by Gasteiger charge is 2.11. The highest BCUT2D eigenvalue weighted by Crippen LogP contribution is 2.25. The predicted molar refractivity (Wildman–Crippen MR) is 85.8 cm³/mol. The van der Waals surface area contributed by atoms with Gasteiger partial charge in [-0.15, -0.1) is 0 Å². The molecule has 0 aliphatic rings. The molecule has 0 aromatic heterocycles. The molecule has 0 N–H and O–H groups in total. The Labute approximate surface area is 130 Å². The van der Waals surface area contributed by atoms with Gasteiger partial charge in [-0.1, -0.05) is 67.7 Å². The van der Waals surface area contributed by atoms with Gasteiger partial charge in [-0.2, -0.15) is 0 Å². The molecule has 2 rings (SSSR count). The van der Waals surface area contributed by atoms with Crippen molar-refractivity contribution in [2.24, 2.45) is 0 Å². The third-order valence-corrected chi connectivity index (χ3v) is 4.43. The van der Waals surface area contributed by atoms with Crippen LogP contribution in [0.3, 0.4) is 0 Å². The van der Waals surface area contributed by atoms with Crippen molar-refractivity contribution < 1.29 is 0 Å². The van der Waals surface area contributed by atoms with Crippen LogP contribution in [0.5, 0.6) is 0 Å². The van der Waals surface area contributed by atoms with E-state index in [-0.39, 0.29) is 0 Å². The van der Waals surface area contributed by atoms with Crippen LogP contribution in [0.1, 0.15) is 17.0 Å². The van der Waals surface area contributed by atoms with Gasteiger partial charge in [0.25, 0.3) is 0 Å². The van der Waals surface area contributed by atoms with Crippen molar-refractivity contribution in [1.29, 1.82) is 0 Å². The zero-order valence-electron chi connectivity index (χ0n) is 9.74. The van der Waals surface area contributed by atoms with Crippen molar-refractivity contribution in [3.8, 4) is 0 Å². The third kappa shape index (κ3) is 3.84. The standard InChI is InChI=1S/C15H13Br2Cl/c16-10-13(12-4-6-15(18)7-5-12)8-11-2-1-3-14(17)9-11/h1-7,9,13H,8,10H2. The lowest BCUT2D eigenvalue weighted by atomic mass is 9.94. The van der Waals surface area contributed by atoms with E-state index in [0.29, 0.717) is 5.92 Å². The van der Waals surface area contributed by atoms with E-state index < -0.39 is 0 Å². The van der Waals surface area contributed by atoms with E-state index >= 15 is 0 Å². The highest BCUT2D eigenvalue weighted by atomic mass is 79.9. The Hall–Kier alpha value is -0.310. The Balaban J connectivity index is 2.17. The number of halogens is 3. The maximum absolute atomic E-state index is 5.92. The minimum Gasteiger partial charge on any atom is -0.0921 e. The summed E-state index contributed by atoms with van der Waals surface area (Å²) in [4.78, 5) is 0.